The Hall–Kier alpha value is -1.30. The Morgan fingerprint density at radius 1 is 1.53 bits per heavy atom. The Morgan fingerprint density at radius 2 is 2.18 bits per heavy atom. The molecule has 1 aliphatic carbocycles. The van der Waals surface area contributed by atoms with Gasteiger partial charge in [-0.3, -0.25) is 4.79 Å². The molecule has 1 amide bonds. The molecule has 0 aliphatic heterocycles. The van der Waals surface area contributed by atoms with Crippen molar-refractivity contribution in [2.75, 3.05) is 27.2 Å². The Bertz CT molecular complexity index is 298. The van der Waals surface area contributed by atoms with E-state index in [2.05, 4.69) is 15.4 Å². The first-order chi connectivity index (χ1) is 8.03. The van der Waals surface area contributed by atoms with Crippen LogP contribution >= 0.6 is 0 Å². The molecule has 1 fully saturated rings. The van der Waals surface area contributed by atoms with Crippen LogP contribution in [0.25, 0.3) is 0 Å². The van der Waals surface area contributed by atoms with Gasteiger partial charge in [-0.15, -0.1) is 0 Å². The fourth-order valence-electron chi connectivity index (χ4n) is 1.99. The zero-order chi connectivity index (χ0) is 12.9. The van der Waals surface area contributed by atoms with Crippen molar-refractivity contribution in [1.82, 2.24) is 10.2 Å². The van der Waals surface area contributed by atoms with Crippen molar-refractivity contribution in [1.29, 1.82) is 0 Å². The molecule has 6 heteroatoms. The van der Waals surface area contributed by atoms with Crippen molar-refractivity contribution in [3.63, 3.8) is 0 Å². The second-order valence-corrected chi connectivity index (χ2v) is 4.83. The zero-order valence-electron chi connectivity index (χ0n) is 10.6. The average Bonchev–Trinajstić information content (AvgIpc) is 2.22. The lowest BCUT2D eigenvalue weighted by molar-refractivity contribution is -0.131. The van der Waals surface area contributed by atoms with Gasteiger partial charge in [-0.2, -0.15) is 0 Å². The quantitative estimate of drug-likeness (QED) is 0.200. The summed E-state index contributed by atoms with van der Waals surface area (Å²) in [6.07, 6.45) is 3.18. The van der Waals surface area contributed by atoms with Gasteiger partial charge in [-0.1, -0.05) is 11.6 Å². The largest absolute Gasteiger partial charge is 0.409 e. The summed E-state index contributed by atoms with van der Waals surface area (Å²) in [4.78, 5) is 14.1. The van der Waals surface area contributed by atoms with E-state index in [4.69, 9.17) is 10.9 Å². The van der Waals surface area contributed by atoms with Gasteiger partial charge in [0.25, 0.3) is 0 Å². The first kappa shape index (κ1) is 13.8. The summed E-state index contributed by atoms with van der Waals surface area (Å²) in [6.45, 7) is 1.55. The summed E-state index contributed by atoms with van der Waals surface area (Å²) in [5.41, 5.74) is 4.84. The fourth-order valence-corrected chi connectivity index (χ4v) is 1.99. The van der Waals surface area contributed by atoms with Gasteiger partial charge >= 0.3 is 0 Å². The zero-order valence-corrected chi connectivity index (χ0v) is 10.6. The molecular formula is C11H22N4O2. The second kappa shape index (κ2) is 5.86. The van der Waals surface area contributed by atoms with Crippen LogP contribution < -0.4 is 11.1 Å². The van der Waals surface area contributed by atoms with E-state index < -0.39 is 5.41 Å². The standard InChI is InChI=1S/C11H22N4O2/c1-15(2)8-4-7-13-10(16)11(5-3-6-11)9(12)14-17/h17H,3-8H2,1-2H3,(H2,12,14)(H,13,16). The second-order valence-electron chi connectivity index (χ2n) is 4.83. The number of carbonyl (C=O) groups is 1. The molecule has 6 nitrogen and oxygen atoms in total. The molecule has 0 aromatic rings. The first-order valence-corrected chi connectivity index (χ1v) is 5.94. The molecule has 0 spiro atoms. The van der Waals surface area contributed by atoms with Gasteiger partial charge in [0.2, 0.25) is 5.91 Å². The Labute approximate surface area is 102 Å². The molecule has 17 heavy (non-hydrogen) atoms. The van der Waals surface area contributed by atoms with Crippen LogP contribution in [0.3, 0.4) is 0 Å². The number of hydrogen-bond donors (Lipinski definition) is 3. The van der Waals surface area contributed by atoms with E-state index in [1.54, 1.807) is 0 Å². The molecule has 0 bridgehead atoms. The number of carbonyl (C=O) groups excluding carboxylic acids is 1. The van der Waals surface area contributed by atoms with Crippen molar-refractivity contribution in [3.8, 4) is 0 Å². The first-order valence-electron chi connectivity index (χ1n) is 5.94. The number of nitrogens with zero attached hydrogens (tertiary/aromatic N) is 2. The third-order valence-electron chi connectivity index (χ3n) is 3.31. The number of hydrogen-bond acceptors (Lipinski definition) is 4. The van der Waals surface area contributed by atoms with Crippen molar-refractivity contribution in [3.05, 3.63) is 0 Å². The van der Waals surface area contributed by atoms with Crippen LogP contribution in [-0.4, -0.2) is 49.0 Å². The van der Waals surface area contributed by atoms with Gasteiger partial charge in [0.1, 0.15) is 5.41 Å². The van der Waals surface area contributed by atoms with Crippen molar-refractivity contribution in [2.45, 2.75) is 25.7 Å². The van der Waals surface area contributed by atoms with Crippen LogP contribution in [0.4, 0.5) is 0 Å². The lowest BCUT2D eigenvalue weighted by Gasteiger charge is -2.38. The lowest BCUT2D eigenvalue weighted by atomic mass is 9.67. The third kappa shape index (κ3) is 3.09. The van der Waals surface area contributed by atoms with E-state index in [-0.39, 0.29) is 11.7 Å². The molecule has 4 N–H and O–H groups in total. The minimum Gasteiger partial charge on any atom is -0.409 e. The van der Waals surface area contributed by atoms with Gasteiger partial charge in [0, 0.05) is 6.54 Å². The number of amides is 1. The van der Waals surface area contributed by atoms with Gasteiger partial charge in [0.15, 0.2) is 5.84 Å². The number of rotatable bonds is 6. The predicted octanol–water partition coefficient (Wildman–Crippen LogP) is -0.0290. The monoisotopic (exact) mass is 242 g/mol. The SMILES string of the molecule is CN(C)CCCNC(=O)C1(C(N)=NO)CCC1. The summed E-state index contributed by atoms with van der Waals surface area (Å²) in [5.74, 6) is -0.0772. The molecule has 0 aromatic carbocycles. The summed E-state index contributed by atoms with van der Waals surface area (Å²) < 4.78 is 0. The van der Waals surface area contributed by atoms with E-state index >= 15 is 0 Å². The molecule has 0 heterocycles. The molecular weight excluding hydrogens is 220 g/mol. The number of oxime groups is 1. The van der Waals surface area contributed by atoms with E-state index in [0.29, 0.717) is 19.4 Å². The molecule has 0 aromatic heterocycles. The highest BCUT2D eigenvalue weighted by molar-refractivity contribution is 6.07. The van der Waals surface area contributed by atoms with Gasteiger partial charge in [-0.05, 0) is 39.9 Å². The van der Waals surface area contributed by atoms with E-state index in [0.717, 1.165) is 19.4 Å². The molecule has 98 valence electrons. The van der Waals surface area contributed by atoms with Gasteiger partial charge < -0.3 is 21.2 Å². The molecule has 1 saturated carbocycles. The number of nitrogens with one attached hydrogen (secondary N) is 1. The lowest BCUT2D eigenvalue weighted by Crippen LogP contribution is -2.54. The number of nitrogens with two attached hydrogens (primary N) is 1. The van der Waals surface area contributed by atoms with Crippen LogP contribution in [-0.2, 0) is 4.79 Å². The molecule has 0 atom stereocenters. The molecule has 1 aliphatic rings. The fraction of sp³-hybridized carbons (Fsp3) is 0.818. The summed E-state index contributed by atoms with van der Waals surface area (Å²) in [5, 5.41) is 14.5. The molecule has 0 radical (unpaired) electrons. The highest BCUT2D eigenvalue weighted by Crippen LogP contribution is 2.41. The highest BCUT2D eigenvalue weighted by Gasteiger charge is 2.48. The van der Waals surface area contributed by atoms with E-state index in [1.165, 1.54) is 0 Å². The highest BCUT2D eigenvalue weighted by atomic mass is 16.4. The van der Waals surface area contributed by atoms with Crippen LogP contribution in [0.2, 0.25) is 0 Å². The van der Waals surface area contributed by atoms with Crippen LogP contribution in [0.5, 0.6) is 0 Å². The molecule has 0 saturated heterocycles. The Balaban J connectivity index is 2.40. The topological polar surface area (TPSA) is 91.0 Å². The normalized spacial score (nSPS) is 18.9. The smallest absolute Gasteiger partial charge is 0.233 e. The summed E-state index contributed by atoms with van der Waals surface area (Å²) in [7, 11) is 3.98. The van der Waals surface area contributed by atoms with E-state index in [1.807, 2.05) is 14.1 Å². The van der Waals surface area contributed by atoms with Crippen LogP contribution in [0.1, 0.15) is 25.7 Å². The summed E-state index contributed by atoms with van der Waals surface area (Å²) >= 11 is 0. The molecule has 1 rings (SSSR count). The minimum absolute atomic E-state index is 0.0360. The van der Waals surface area contributed by atoms with E-state index in [9.17, 15) is 4.79 Å². The van der Waals surface area contributed by atoms with Crippen molar-refractivity contribution in [2.24, 2.45) is 16.3 Å². The van der Waals surface area contributed by atoms with Gasteiger partial charge in [0.05, 0.1) is 0 Å². The Morgan fingerprint density at radius 3 is 2.59 bits per heavy atom. The van der Waals surface area contributed by atoms with Crippen LogP contribution in [0.15, 0.2) is 5.16 Å². The minimum atomic E-state index is -0.757. The van der Waals surface area contributed by atoms with Crippen LogP contribution in [0, 0.1) is 5.41 Å². The third-order valence-corrected chi connectivity index (χ3v) is 3.31. The number of amidine groups is 1. The maximum Gasteiger partial charge on any atom is 0.233 e. The van der Waals surface area contributed by atoms with Crippen molar-refractivity contribution < 1.29 is 10.0 Å². The predicted molar refractivity (Wildman–Crippen MR) is 65.9 cm³/mol. The molecule has 0 unspecified atom stereocenters. The van der Waals surface area contributed by atoms with Crippen molar-refractivity contribution >= 4 is 11.7 Å². The Kier molecular flexibility index (Phi) is 4.74. The van der Waals surface area contributed by atoms with Gasteiger partial charge in [-0.25, -0.2) is 0 Å². The average molecular weight is 242 g/mol. The summed E-state index contributed by atoms with van der Waals surface area (Å²) in [6, 6.07) is 0. The maximum absolute atomic E-state index is 12.0. The maximum atomic E-state index is 12.0.